The number of hydrogen-bond acceptors (Lipinski definition) is 5. The molecule has 0 spiro atoms. The van der Waals surface area contributed by atoms with E-state index < -0.39 is 5.91 Å². The first kappa shape index (κ1) is 12.9. The normalized spacial score (nSPS) is 10.2. The second-order valence-corrected chi connectivity index (χ2v) is 3.98. The van der Waals surface area contributed by atoms with Crippen molar-refractivity contribution in [2.24, 2.45) is 5.84 Å². The van der Waals surface area contributed by atoms with Gasteiger partial charge in [0.05, 0.1) is 18.6 Å². The van der Waals surface area contributed by atoms with E-state index in [0.717, 1.165) is 0 Å². The van der Waals surface area contributed by atoms with Crippen LogP contribution >= 0.6 is 0 Å². The van der Waals surface area contributed by atoms with Gasteiger partial charge in [0.2, 0.25) is 0 Å². The van der Waals surface area contributed by atoms with E-state index in [-0.39, 0.29) is 17.8 Å². The van der Waals surface area contributed by atoms with Crippen LogP contribution in [0.1, 0.15) is 21.9 Å². The van der Waals surface area contributed by atoms with Crippen LogP contribution in [0.25, 0.3) is 0 Å². The molecule has 0 bridgehead atoms. The maximum Gasteiger partial charge on any atom is 0.283 e. The lowest BCUT2D eigenvalue weighted by Gasteiger charge is -2.06. The quantitative estimate of drug-likeness (QED) is 0.443. The Morgan fingerprint density at radius 3 is 2.95 bits per heavy atom. The fourth-order valence-electron chi connectivity index (χ4n) is 1.58. The van der Waals surface area contributed by atoms with Gasteiger partial charge < -0.3 is 0 Å². The van der Waals surface area contributed by atoms with Gasteiger partial charge in [-0.1, -0.05) is 6.07 Å². The highest BCUT2D eigenvalue weighted by Crippen LogP contribution is 2.01. The van der Waals surface area contributed by atoms with Crippen molar-refractivity contribution in [3.63, 3.8) is 0 Å². The Bertz CT molecular complexity index is 665. The third kappa shape index (κ3) is 3.02. The first-order valence-corrected chi connectivity index (χ1v) is 5.60. The molecule has 0 saturated carbocycles. The van der Waals surface area contributed by atoms with Gasteiger partial charge in [-0.2, -0.15) is 0 Å². The van der Waals surface area contributed by atoms with Gasteiger partial charge in [-0.15, -0.1) is 0 Å². The lowest BCUT2D eigenvalue weighted by atomic mass is 10.3. The highest BCUT2D eigenvalue weighted by Gasteiger charge is 2.06. The van der Waals surface area contributed by atoms with Crippen LogP contribution in [0.4, 0.5) is 0 Å². The highest BCUT2D eigenvalue weighted by atomic mass is 16.2. The molecule has 0 saturated heterocycles. The molecule has 0 radical (unpaired) electrons. The summed E-state index contributed by atoms with van der Waals surface area (Å²) in [5, 5.41) is 0. The maximum atomic E-state index is 11.7. The number of amides is 1. The van der Waals surface area contributed by atoms with Crippen LogP contribution in [-0.2, 0) is 6.54 Å². The minimum absolute atomic E-state index is 0.164. The van der Waals surface area contributed by atoms with Gasteiger partial charge >= 0.3 is 0 Å². The molecule has 0 unspecified atom stereocenters. The van der Waals surface area contributed by atoms with Gasteiger partial charge in [-0.05, 0) is 19.1 Å². The van der Waals surface area contributed by atoms with Crippen molar-refractivity contribution in [3.8, 4) is 0 Å². The summed E-state index contributed by atoms with van der Waals surface area (Å²) in [6, 6.07) is 6.39. The van der Waals surface area contributed by atoms with Crippen LogP contribution in [0, 0.1) is 6.92 Å². The van der Waals surface area contributed by atoms with E-state index in [9.17, 15) is 9.59 Å². The zero-order chi connectivity index (χ0) is 13.8. The summed E-state index contributed by atoms with van der Waals surface area (Å²) < 4.78 is 1.42. The van der Waals surface area contributed by atoms with Crippen LogP contribution in [0.5, 0.6) is 0 Å². The van der Waals surface area contributed by atoms with Crippen molar-refractivity contribution < 1.29 is 4.79 Å². The molecule has 19 heavy (non-hydrogen) atoms. The first-order chi connectivity index (χ1) is 9.10. The predicted molar refractivity (Wildman–Crippen MR) is 68.2 cm³/mol. The predicted octanol–water partition coefficient (Wildman–Crippen LogP) is -0.401. The number of hydrazine groups is 1. The fraction of sp³-hybridized carbons (Fsp3) is 0.167. The number of nitrogens with one attached hydrogen (secondary N) is 1. The number of nitrogens with zero attached hydrogens (tertiary/aromatic N) is 3. The monoisotopic (exact) mass is 259 g/mol. The highest BCUT2D eigenvalue weighted by molar-refractivity contribution is 5.91. The summed E-state index contributed by atoms with van der Waals surface area (Å²) in [5.74, 6) is 4.57. The van der Waals surface area contributed by atoms with E-state index in [1.54, 1.807) is 25.1 Å². The minimum Gasteiger partial charge on any atom is -0.293 e. The summed E-state index contributed by atoms with van der Waals surface area (Å²) in [6.07, 6.45) is 1.45. The first-order valence-electron chi connectivity index (χ1n) is 5.60. The van der Waals surface area contributed by atoms with Gasteiger partial charge in [0, 0.05) is 11.8 Å². The average Bonchev–Trinajstić information content (AvgIpc) is 2.41. The van der Waals surface area contributed by atoms with Crippen molar-refractivity contribution in [2.75, 3.05) is 0 Å². The molecule has 3 N–H and O–H groups in total. The zero-order valence-corrected chi connectivity index (χ0v) is 10.3. The van der Waals surface area contributed by atoms with Gasteiger partial charge in [0.1, 0.15) is 5.69 Å². The van der Waals surface area contributed by atoms with Crippen LogP contribution in [-0.4, -0.2) is 20.4 Å². The molecule has 0 aliphatic carbocycles. The average molecular weight is 259 g/mol. The number of aromatic nitrogens is 3. The van der Waals surface area contributed by atoms with Crippen molar-refractivity contribution in [1.29, 1.82) is 0 Å². The molecule has 2 aromatic rings. The van der Waals surface area contributed by atoms with Gasteiger partial charge in [-0.25, -0.2) is 15.8 Å². The molecule has 7 heteroatoms. The Morgan fingerprint density at radius 1 is 1.47 bits per heavy atom. The molecular weight excluding hydrogens is 246 g/mol. The molecule has 0 aromatic carbocycles. The van der Waals surface area contributed by atoms with Gasteiger partial charge in [0.25, 0.3) is 11.5 Å². The second-order valence-electron chi connectivity index (χ2n) is 3.98. The number of nitrogen functional groups attached to an aromatic ring is 1. The Kier molecular flexibility index (Phi) is 3.67. The van der Waals surface area contributed by atoms with E-state index in [1.165, 1.54) is 17.0 Å². The minimum atomic E-state index is -0.476. The number of carbonyl (C=O) groups is 1. The molecule has 0 aliphatic heterocycles. The van der Waals surface area contributed by atoms with E-state index in [1.807, 2.05) is 5.43 Å². The lowest BCUT2D eigenvalue weighted by Crippen LogP contribution is -2.31. The second kappa shape index (κ2) is 5.40. The summed E-state index contributed by atoms with van der Waals surface area (Å²) in [7, 11) is 0. The number of carbonyl (C=O) groups excluding carboxylic acids is 1. The Morgan fingerprint density at radius 2 is 2.26 bits per heavy atom. The number of aryl methyl sites for hydroxylation is 1. The van der Waals surface area contributed by atoms with Gasteiger partial charge in [-0.3, -0.25) is 19.6 Å². The molecule has 1 amide bonds. The van der Waals surface area contributed by atoms with E-state index >= 15 is 0 Å². The molecule has 7 nitrogen and oxygen atoms in total. The summed E-state index contributed by atoms with van der Waals surface area (Å²) in [5.41, 5.74) is 3.28. The van der Waals surface area contributed by atoms with Crippen LogP contribution < -0.4 is 16.8 Å². The third-order valence-electron chi connectivity index (χ3n) is 2.52. The molecule has 0 fully saturated rings. The Labute approximate surface area is 109 Å². The van der Waals surface area contributed by atoms with E-state index in [0.29, 0.717) is 11.4 Å². The van der Waals surface area contributed by atoms with Crippen molar-refractivity contribution in [1.82, 2.24) is 20.0 Å². The van der Waals surface area contributed by atoms with Crippen molar-refractivity contribution in [3.05, 3.63) is 58.0 Å². The largest absolute Gasteiger partial charge is 0.293 e. The standard InChI is InChI=1S/C12H13N5O2/c1-8-5-11(18)17(7-14-8)6-9-3-2-4-10(15-9)12(19)16-13/h2-5,7H,6,13H2,1H3,(H,16,19). The topological polar surface area (TPSA) is 103 Å². The number of pyridine rings is 1. The zero-order valence-electron chi connectivity index (χ0n) is 10.3. The molecule has 2 heterocycles. The fourth-order valence-corrected chi connectivity index (χ4v) is 1.58. The number of rotatable bonds is 3. The van der Waals surface area contributed by atoms with Crippen LogP contribution in [0.3, 0.4) is 0 Å². The summed E-state index contributed by atoms with van der Waals surface area (Å²) >= 11 is 0. The molecule has 98 valence electrons. The van der Waals surface area contributed by atoms with Crippen molar-refractivity contribution in [2.45, 2.75) is 13.5 Å². The molecule has 0 atom stereocenters. The Balaban J connectivity index is 2.28. The third-order valence-corrected chi connectivity index (χ3v) is 2.52. The lowest BCUT2D eigenvalue weighted by molar-refractivity contribution is 0.0948. The SMILES string of the molecule is Cc1cc(=O)n(Cc2cccc(C(=O)NN)n2)cn1. The molecule has 2 rings (SSSR count). The van der Waals surface area contributed by atoms with Crippen molar-refractivity contribution >= 4 is 5.91 Å². The summed E-state index contributed by atoms with van der Waals surface area (Å²) in [6.45, 7) is 1.99. The molecular formula is C12H13N5O2. The number of nitrogens with two attached hydrogens (primary N) is 1. The van der Waals surface area contributed by atoms with E-state index in [4.69, 9.17) is 5.84 Å². The molecule has 0 aliphatic rings. The van der Waals surface area contributed by atoms with Crippen LogP contribution in [0.2, 0.25) is 0 Å². The summed E-state index contributed by atoms with van der Waals surface area (Å²) in [4.78, 5) is 31.2. The maximum absolute atomic E-state index is 11.7. The van der Waals surface area contributed by atoms with E-state index in [2.05, 4.69) is 9.97 Å². The number of hydrogen-bond donors (Lipinski definition) is 2. The molecule has 2 aromatic heterocycles. The smallest absolute Gasteiger partial charge is 0.283 e. The Hall–Kier alpha value is -2.54. The van der Waals surface area contributed by atoms with Gasteiger partial charge in [0.15, 0.2) is 0 Å². The van der Waals surface area contributed by atoms with Crippen LogP contribution in [0.15, 0.2) is 35.4 Å².